The summed E-state index contributed by atoms with van der Waals surface area (Å²) in [5.74, 6) is 0.0536. The van der Waals surface area contributed by atoms with Gasteiger partial charge in [0, 0.05) is 11.7 Å². The molecule has 0 aliphatic carbocycles. The van der Waals surface area contributed by atoms with Crippen molar-refractivity contribution in [2.24, 2.45) is 0 Å². The van der Waals surface area contributed by atoms with Gasteiger partial charge in [-0.15, -0.1) is 0 Å². The van der Waals surface area contributed by atoms with Gasteiger partial charge in [0.2, 0.25) is 5.91 Å². The van der Waals surface area contributed by atoms with Crippen LogP contribution in [-0.4, -0.2) is 18.5 Å². The molecule has 2 N–H and O–H groups in total. The van der Waals surface area contributed by atoms with Crippen molar-refractivity contribution >= 4 is 11.6 Å². The molecular formula is C15H24N2O. The second-order valence-electron chi connectivity index (χ2n) is 4.66. The zero-order valence-corrected chi connectivity index (χ0v) is 11.6. The average Bonchev–Trinajstić information content (AvgIpc) is 2.37. The fraction of sp³-hybridized carbons (Fsp3) is 0.533. The average molecular weight is 248 g/mol. The van der Waals surface area contributed by atoms with Crippen molar-refractivity contribution in [3.63, 3.8) is 0 Å². The molecule has 0 bridgehead atoms. The van der Waals surface area contributed by atoms with Gasteiger partial charge in [-0.05, 0) is 37.5 Å². The molecule has 0 heterocycles. The van der Waals surface area contributed by atoms with Gasteiger partial charge in [0.1, 0.15) is 0 Å². The lowest BCUT2D eigenvalue weighted by Crippen LogP contribution is -2.36. The first-order valence-electron chi connectivity index (χ1n) is 6.77. The van der Waals surface area contributed by atoms with Crippen LogP contribution < -0.4 is 10.6 Å². The fourth-order valence-electron chi connectivity index (χ4n) is 1.91. The number of anilines is 1. The third-order valence-electron chi connectivity index (χ3n) is 2.92. The molecule has 0 saturated heterocycles. The van der Waals surface area contributed by atoms with E-state index in [2.05, 4.69) is 36.6 Å². The summed E-state index contributed by atoms with van der Waals surface area (Å²) in [5.41, 5.74) is 2.28. The molecule has 3 nitrogen and oxygen atoms in total. The van der Waals surface area contributed by atoms with Crippen molar-refractivity contribution in [2.45, 2.75) is 46.1 Å². The van der Waals surface area contributed by atoms with E-state index < -0.39 is 0 Å². The maximum atomic E-state index is 11.7. The Morgan fingerprint density at radius 1 is 1.33 bits per heavy atom. The summed E-state index contributed by atoms with van der Waals surface area (Å²) in [6, 6.07) is 8.43. The Kier molecular flexibility index (Phi) is 6.26. The number of hydrogen-bond donors (Lipinski definition) is 2. The molecular weight excluding hydrogens is 224 g/mol. The summed E-state index contributed by atoms with van der Waals surface area (Å²) >= 11 is 0. The smallest absolute Gasteiger partial charge is 0.239 e. The van der Waals surface area contributed by atoms with E-state index in [0.717, 1.165) is 24.9 Å². The minimum atomic E-state index is 0.0536. The monoisotopic (exact) mass is 248 g/mol. The zero-order chi connectivity index (χ0) is 13.4. The minimum absolute atomic E-state index is 0.0536. The maximum absolute atomic E-state index is 11.7. The Bertz CT molecular complexity index is 377. The topological polar surface area (TPSA) is 41.1 Å². The lowest BCUT2D eigenvalue weighted by atomic mass is 10.1. The number of aryl methyl sites for hydroxylation is 1. The van der Waals surface area contributed by atoms with E-state index >= 15 is 0 Å². The van der Waals surface area contributed by atoms with Gasteiger partial charge >= 0.3 is 0 Å². The molecule has 0 aromatic heterocycles. The number of rotatable bonds is 7. The normalized spacial score (nSPS) is 11.9. The molecule has 1 atom stereocenters. The Labute approximate surface area is 110 Å². The molecule has 0 spiro atoms. The van der Waals surface area contributed by atoms with Crippen LogP contribution in [0.4, 0.5) is 5.69 Å². The van der Waals surface area contributed by atoms with Crippen LogP contribution in [0.1, 0.15) is 39.2 Å². The van der Waals surface area contributed by atoms with Crippen LogP contribution in [-0.2, 0) is 11.2 Å². The Balaban J connectivity index is 2.37. The fourth-order valence-corrected chi connectivity index (χ4v) is 1.91. The molecule has 18 heavy (non-hydrogen) atoms. The van der Waals surface area contributed by atoms with Crippen molar-refractivity contribution in [2.75, 3.05) is 11.9 Å². The first-order chi connectivity index (χ1) is 8.65. The van der Waals surface area contributed by atoms with Crippen LogP contribution in [0.3, 0.4) is 0 Å². The highest BCUT2D eigenvalue weighted by atomic mass is 16.1. The molecule has 0 aliphatic heterocycles. The summed E-state index contributed by atoms with van der Waals surface area (Å²) in [5, 5.41) is 6.13. The van der Waals surface area contributed by atoms with Crippen LogP contribution in [0.5, 0.6) is 0 Å². The van der Waals surface area contributed by atoms with Crippen molar-refractivity contribution < 1.29 is 4.79 Å². The second kappa shape index (κ2) is 7.75. The first kappa shape index (κ1) is 14.6. The summed E-state index contributed by atoms with van der Waals surface area (Å²) < 4.78 is 0. The molecule has 0 aliphatic rings. The molecule has 100 valence electrons. The van der Waals surface area contributed by atoms with Crippen LogP contribution >= 0.6 is 0 Å². The Morgan fingerprint density at radius 3 is 2.78 bits per heavy atom. The number of benzene rings is 1. The second-order valence-corrected chi connectivity index (χ2v) is 4.66. The quantitative estimate of drug-likeness (QED) is 0.779. The van der Waals surface area contributed by atoms with Crippen molar-refractivity contribution in [1.29, 1.82) is 0 Å². The van der Waals surface area contributed by atoms with Crippen LogP contribution in [0.2, 0.25) is 0 Å². The van der Waals surface area contributed by atoms with Gasteiger partial charge in [-0.1, -0.05) is 32.4 Å². The van der Waals surface area contributed by atoms with Crippen molar-refractivity contribution in [3.05, 3.63) is 29.8 Å². The van der Waals surface area contributed by atoms with Gasteiger partial charge in [-0.3, -0.25) is 4.79 Å². The molecule has 1 unspecified atom stereocenters. The number of carbonyl (C=O) groups is 1. The van der Waals surface area contributed by atoms with E-state index in [0.29, 0.717) is 6.54 Å². The van der Waals surface area contributed by atoms with E-state index in [9.17, 15) is 4.79 Å². The molecule has 1 rings (SSSR count). The molecule has 1 aromatic carbocycles. The minimum Gasteiger partial charge on any atom is -0.376 e. The Morgan fingerprint density at radius 2 is 2.11 bits per heavy atom. The lowest BCUT2D eigenvalue weighted by Gasteiger charge is -2.13. The third-order valence-corrected chi connectivity index (χ3v) is 2.92. The third kappa shape index (κ3) is 5.21. The van der Waals surface area contributed by atoms with Gasteiger partial charge in [0.05, 0.1) is 6.54 Å². The zero-order valence-electron chi connectivity index (χ0n) is 11.6. The van der Waals surface area contributed by atoms with Crippen LogP contribution in [0, 0.1) is 0 Å². The molecule has 0 saturated carbocycles. The first-order valence-corrected chi connectivity index (χ1v) is 6.77. The highest BCUT2D eigenvalue weighted by Crippen LogP contribution is 2.10. The van der Waals surface area contributed by atoms with E-state index in [4.69, 9.17) is 0 Å². The van der Waals surface area contributed by atoms with E-state index in [1.165, 1.54) is 5.56 Å². The van der Waals surface area contributed by atoms with Crippen LogP contribution in [0.15, 0.2) is 24.3 Å². The summed E-state index contributed by atoms with van der Waals surface area (Å²) in [4.78, 5) is 11.7. The molecule has 3 heteroatoms. The van der Waals surface area contributed by atoms with Crippen molar-refractivity contribution in [3.8, 4) is 0 Å². The molecule has 0 radical (unpaired) electrons. The SMILES string of the molecule is CCCC(C)NC(=O)CNc1cccc(CC)c1. The van der Waals surface area contributed by atoms with Gasteiger partial charge < -0.3 is 10.6 Å². The number of nitrogens with one attached hydrogen (secondary N) is 2. The Hall–Kier alpha value is -1.51. The molecule has 1 amide bonds. The summed E-state index contributed by atoms with van der Waals surface area (Å²) in [7, 11) is 0. The van der Waals surface area contributed by atoms with Gasteiger partial charge in [0.25, 0.3) is 0 Å². The van der Waals surface area contributed by atoms with E-state index in [1.54, 1.807) is 0 Å². The maximum Gasteiger partial charge on any atom is 0.239 e. The summed E-state index contributed by atoms with van der Waals surface area (Å²) in [6.07, 6.45) is 3.12. The number of amides is 1. The van der Waals surface area contributed by atoms with E-state index in [-0.39, 0.29) is 11.9 Å². The number of hydrogen-bond acceptors (Lipinski definition) is 2. The molecule has 1 aromatic rings. The lowest BCUT2D eigenvalue weighted by molar-refractivity contribution is -0.120. The van der Waals surface area contributed by atoms with E-state index in [1.807, 2.05) is 19.1 Å². The summed E-state index contributed by atoms with van der Waals surface area (Å²) in [6.45, 7) is 6.62. The van der Waals surface area contributed by atoms with Crippen molar-refractivity contribution in [1.82, 2.24) is 5.32 Å². The molecule has 0 fully saturated rings. The predicted octanol–water partition coefficient (Wildman–Crippen LogP) is 2.97. The van der Waals surface area contributed by atoms with Crippen LogP contribution in [0.25, 0.3) is 0 Å². The number of carbonyl (C=O) groups excluding carboxylic acids is 1. The largest absolute Gasteiger partial charge is 0.376 e. The van der Waals surface area contributed by atoms with Gasteiger partial charge in [-0.25, -0.2) is 0 Å². The highest BCUT2D eigenvalue weighted by Gasteiger charge is 2.05. The van der Waals surface area contributed by atoms with Gasteiger partial charge in [0.15, 0.2) is 0 Å². The predicted molar refractivity (Wildman–Crippen MR) is 76.8 cm³/mol. The standard InChI is InChI=1S/C15H24N2O/c1-4-7-12(3)17-15(18)11-16-14-9-6-8-13(5-2)10-14/h6,8-10,12,16H,4-5,7,11H2,1-3H3,(H,17,18). The van der Waals surface area contributed by atoms with Gasteiger partial charge in [-0.2, -0.15) is 0 Å². The highest BCUT2D eigenvalue weighted by molar-refractivity contribution is 5.80.